The number of rotatable bonds is 54. The summed E-state index contributed by atoms with van der Waals surface area (Å²) in [6, 6.07) is -0.837. The SMILES string of the molecule is C/C=C/CC/C=C/CC/C=C/C(O)C(COC1OC(CO)C(O)C(O)C1O)NC(=O)CCCCCCCCCCCCC/C=C\C/C=C\CCCCCCCCCCCOC(=O)CCCCCCC/C=C\CCCCCC. The normalized spacial score (nSPS) is 19.1. The molecule has 0 radical (unpaired) electrons. The van der Waals surface area contributed by atoms with Gasteiger partial charge in [0.05, 0.1) is 32.0 Å². The molecule has 11 nitrogen and oxygen atoms in total. The summed E-state index contributed by atoms with van der Waals surface area (Å²) in [6.45, 7) is 4.06. The monoisotopic (exact) mass is 1080 g/mol. The van der Waals surface area contributed by atoms with Crippen molar-refractivity contribution in [1.82, 2.24) is 5.32 Å². The lowest BCUT2D eigenvalue weighted by atomic mass is 9.99. The first kappa shape index (κ1) is 72.1. The molecule has 1 rings (SSSR count). The summed E-state index contributed by atoms with van der Waals surface area (Å²) in [4.78, 5) is 25.0. The Kier molecular flexibility index (Phi) is 51.5. The van der Waals surface area contributed by atoms with E-state index < -0.39 is 49.5 Å². The molecule has 7 unspecified atom stereocenters. The van der Waals surface area contributed by atoms with Gasteiger partial charge in [0.1, 0.15) is 24.4 Å². The largest absolute Gasteiger partial charge is 0.466 e. The molecule has 1 heterocycles. The number of ether oxygens (including phenoxy) is 3. The minimum absolute atomic E-state index is 0.00972. The lowest BCUT2D eigenvalue weighted by Crippen LogP contribution is -2.60. The van der Waals surface area contributed by atoms with Crippen molar-refractivity contribution in [3.8, 4) is 0 Å². The molecule has 77 heavy (non-hydrogen) atoms. The minimum Gasteiger partial charge on any atom is -0.466 e. The zero-order chi connectivity index (χ0) is 55.9. The maximum Gasteiger partial charge on any atom is 0.305 e. The van der Waals surface area contributed by atoms with Crippen LogP contribution >= 0.6 is 0 Å². The third-order valence-electron chi connectivity index (χ3n) is 14.6. The molecule has 1 aliphatic rings. The zero-order valence-corrected chi connectivity index (χ0v) is 49.2. The van der Waals surface area contributed by atoms with Gasteiger partial charge in [-0.2, -0.15) is 0 Å². The predicted molar refractivity (Wildman–Crippen MR) is 319 cm³/mol. The fourth-order valence-electron chi connectivity index (χ4n) is 9.56. The highest BCUT2D eigenvalue weighted by atomic mass is 16.7. The minimum atomic E-state index is -1.58. The molecule has 0 aromatic rings. The summed E-state index contributed by atoms with van der Waals surface area (Å²) in [5.74, 6) is -0.213. The van der Waals surface area contributed by atoms with Crippen molar-refractivity contribution in [3.05, 3.63) is 72.9 Å². The van der Waals surface area contributed by atoms with E-state index in [2.05, 4.69) is 66.9 Å². The number of esters is 1. The number of unbranched alkanes of at least 4 members (excludes halogenated alkanes) is 31. The first-order chi connectivity index (χ1) is 37.7. The highest BCUT2D eigenvalue weighted by molar-refractivity contribution is 5.76. The summed E-state index contributed by atoms with van der Waals surface area (Å²) in [5, 5.41) is 54.2. The van der Waals surface area contributed by atoms with Crippen LogP contribution < -0.4 is 5.32 Å². The van der Waals surface area contributed by atoms with Gasteiger partial charge < -0.3 is 45.1 Å². The second kappa shape index (κ2) is 55.0. The van der Waals surface area contributed by atoms with Crippen LogP contribution in [0.3, 0.4) is 0 Å². The lowest BCUT2D eigenvalue weighted by Gasteiger charge is -2.40. The van der Waals surface area contributed by atoms with Crippen molar-refractivity contribution in [2.75, 3.05) is 19.8 Å². The van der Waals surface area contributed by atoms with Gasteiger partial charge in [0.15, 0.2) is 6.29 Å². The zero-order valence-electron chi connectivity index (χ0n) is 49.2. The highest BCUT2D eigenvalue weighted by Crippen LogP contribution is 2.23. The average Bonchev–Trinajstić information content (AvgIpc) is 3.43. The predicted octanol–water partition coefficient (Wildman–Crippen LogP) is 15.2. The van der Waals surface area contributed by atoms with Gasteiger partial charge in [-0.1, -0.05) is 221 Å². The van der Waals surface area contributed by atoms with Crippen LogP contribution in [0.25, 0.3) is 0 Å². The van der Waals surface area contributed by atoms with Crippen molar-refractivity contribution in [2.24, 2.45) is 0 Å². The third kappa shape index (κ3) is 44.5. The first-order valence-electron chi connectivity index (χ1n) is 31.7. The van der Waals surface area contributed by atoms with E-state index in [1.165, 1.54) is 161 Å². The van der Waals surface area contributed by atoms with Crippen molar-refractivity contribution in [2.45, 2.75) is 314 Å². The van der Waals surface area contributed by atoms with Gasteiger partial charge >= 0.3 is 5.97 Å². The summed E-state index contributed by atoms with van der Waals surface area (Å²) in [7, 11) is 0. The van der Waals surface area contributed by atoms with E-state index in [1.54, 1.807) is 6.08 Å². The van der Waals surface area contributed by atoms with Crippen LogP contribution in [0.4, 0.5) is 0 Å². The molecule has 0 aliphatic carbocycles. The molecule has 1 aliphatic heterocycles. The van der Waals surface area contributed by atoms with E-state index in [1.807, 2.05) is 19.1 Å². The average molecular weight is 1080 g/mol. The Morgan fingerprint density at radius 2 is 0.935 bits per heavy atom. The van der Waals surface area contributed by atoms with Crippen LogP contribution in [0.15, 0.2) is 72.9 Å². The number of hydrogen-bond acceptors (Lipinski definition) is 10. The van der Waals surface area contributed by atoms with Crippen molar-refractivity contribution < 1.29 is 49.3 Å². The van der Waals surface area contributed by atoms with Crippen LogP contribution in [0.5, 0.6) is 0 Å². The molecular formula is C66H117NO10. The molecule has 1 amide bonds. The van der Waals surface area contributed by atoms with E-state index in [4.69, 9.17) is 14.2 Å². The standard InChI is InChI=1S/C66H117NO10/c1-3-5-7-9-11-13-14-30-34-38-42-46-50-54-62(71)75-55-51-47-43-39-35-32-29-27-25-23-21-19-17-15-16-18-20-22-24-26-28-31-33-37-41-45-49-53-61(70)67-58(59(69)52-48-44-40-36-12-10-8-6-4-2)57-76-66-65(74)64(73)63(72)60(56-68)77-66/h4,6,12-16,19,21,36,48,52,58-60,63-66,68-69,72-74H,3,5,7-11,17-18,20,22-35,37-47,49-51,53-57H2,1-2H3,(H,67,70)/b6-4+,14-13-,16-15-,21-19-,36-12+,52-48+. The van der Waals surface area contributed by atoms with Crippen molar-refractivity contribution >= 4 is 11.9 Å². The second-order valence-corrected chi connectivity index (χ2v) is 21.7. The van der Waals surface area contributed by atoms with Gasteiger partial charge in [0.2, 0.25) is 5.91 Å². The van der Waals surface area contributed by atoms with Crippen LogP contribution in [-0.2, 0) is 23.8 Å². The smallest absolute Gasteiger partial charge is 0.305 e. The number of allylic oxidation sites excluding steroid dienone is 11. The molecule has 1 saturated heterocycles. The third-order valence-corrected chi connectivity index (χ3v) is 14.6. The summed E-state index contributed by atoms with van der Waals surface area (Å²) >= 11 is 0. The topological polar surface area (TPSA) is 175 Å². The van der Waals surface area contributed by atoms with Crippen LogP contribution in [0.1, 0.15) is 271 Å². The Balaban J connectivity index is 1.99. The van der Waals surface area contributed by atoms with E-state index >= 15 is 0 Å². The number of amides is 1. The molecule has 0 aromatic heterocycles. The van der Waals surface area contributed by atoms with Crippen molar-refractivity contribution in [3.63, 3.8) is 0 Å². The van der Waals surface area contributed by atoms with Gasteiger partial charge in [-0.15, -0.1) is 0 Å². The molecule has 11 heteroatoms. The molecule has 0 aromatic carbocycles. The molecule has 0 saturated carbocycles. The number of carbonyl (C=O) groups excluding carboxylic acids is 2. The number of carbonyl (C=O) groups is 2. The van der Waals surface area contributed by atoms with Crippen molar-refractivity contribution in [1.29, 1.82) is 0 Å². The maximum atomic E-state index is 13.0. The molecular weight excluding hydrogens is 967 g/mol. The highest BCUT2D eigenvalue weighted by Gasteiger charge is 2.44. The van der Waals surface area contributed by atoms with Gasteiger partial charge in [-0.3, -0.25) is 9.59 Å². The molecule has 446 valence electrons. The quantitative estimate of drug-likeness (QED) is 0.0195. The summed E-state index contributed by atoms with van der Waals surface area (Å²) in [6.07, 6.45) is 63.3. The van der Waals surface area contributed by atoms with E-state index in [-0.39, 0.29) is 18.5 Å². The second-order valence-electron chi connectivity index (χ2n) is 21.7. The molecule has 1 fully saturated rings. The van der Waals surface area contributed by atoms with Gasteiger partial charge in [0, 0.05) is 12.8 Å². The Bertz CT molecular complexity index is 1510. The molecule has 0 spiro atoms. The van der Waals surface area contributed by atoms with E-state index in [0.717, 1.165) is 83.5 Å². The van der Waals surface area contributed by atoms with Crippen LogP contribution in [0, 0.1) is 0 Å². The Hall–Kier alpha value is -2.90. The fourth-order valence-corrected chi connectivity index (χ4v) is 9.56. The number of hydrogen-bond donors (Lipinski definition) is 6. The van der Waals surface area contributed by atoms with E-state index in [9.17, 15) is 35.1 Å². The van der Waals surface area contributed by atoms with Crippen LogP contribution in [-0.4, -0.2) is 100 Å². The number of nitrogens with one attached hydrogen (secondary N) is 1. The molecule has 7 atom stereocenters. The summed E-state index contributed by atoms with van der Waals surface area (Å²) in [5.41, 5.74) is 0. The Morgan fingerprint density at radius 1 is 0.506 bits per heavy atom. The Labute approximate surface area is 471 Å². The van der Waals surface area contributed by atoms with Gasteiger partial charge in [0.25, 0.3) is 0 Å². The van der Waals surface area contributed by atoms with Gasteiger partial charge in [-0.05, 0) is 110 Å². The fraction of sp³-hybridized carbons (Fsp3) is 0.788. The summed E-state index contributed by atoms with van der Waals surface area (Å²) < 4.78 is 16.6. The number of aliphatic hydroxyl groups is 5. The number of aliphatic hydroxyl groups excluding tert-OH is 5. The Morgan fingerprint density at radius 3 is 1.44 bits per heavy atom. The molecule has 0 bridgehead atoms. The first-order valence-corrected chi connectivity index (χ1v) is 31.7. The van der Waals surface area contributed by atoms with E-state index in [0.29, 0.717) is 19.4 Å². The van der Waals surface area contributed by atoms with Crippen LogP contribution in [0.2, 0.25) is 0 Å². The lowest BCUT2D eigenvalue weighted by molar-refractivity contribution is -0.302. The maximum absolute atomic E-state index is 13.0. The molecule has 6 N–H and O–H groups in total. The van der Waals surface area contributed by atoms with Gasteiger partial charge in [-0.25, -0.2) is 0 Å².